The van der Waals surface area contributed by atoms with E-state index in [1.54, 1.807) is 0 Å². The van der Waals surface area contributed by atoms with Gasteiger partial charge in [-0.1, -0.05) is 44.9 Å². The van der Waals surface area contributed by atoms with Gasteiger partial charge < -0.3 is 0 Å². The summed E-state index contributed by atoms with van der Waals surface area (Å²) in [5.41, 5.74) is 2.38. The van der Waals surface area contributed by atoms with Gasteiger partial charge in [-0.05, 0) is 35.6 Å². The third-order valence-corrected chi connectivity index (χ3v) is 2.85. The van der Waals surface area contributed by atoms with Crippen molar-refractivity contribution in [3.05, 3.63) is 34.9 Å². The minimum atomic E-state index is -0.897. The molecule has 0 aliphatic carbocycles. The highest BCUT2D eigenvalue weighted by molar-refractivity contribution is 6.83. The zero-order valence-corrected chi connectivity index (χ0v) is 11.0. The van der Waals surface area contributed by atoms with Gasteiger partial charge in [0.05, 0.1) is 0 Å². The van der Waals surface area contributed by atoms with Crippen LogP contribution in [0.15, 0.2) is 18.2 Å². The highest BCUT2D eigenvalue weighted by Gasteiger charge is 2.20. The lowest BCUT2D eigenvalue weighted by Gasteiger charge is -2.11. The molecule has 17 heavy (non-hydrogen) atoms. The van der Waals surface area contributed by atoms with Crippen LogP contribution in [0.5, 0.6) is 0 Å². The van der Waals surface area contributed by atoms with Crippen LogP contribution in [0.2, 0.25) is 0 Å². The molecule has 0 heterocycles. The molecule has 0 radical (unpaired) electrons. The fraction of sp³-hybridized carbons (Fsp3) is 0.429. The van der Waals surface area contributed by atoms with E-state index in [9.17, 15) is 9.59 Å². The second kappa shape index (κ2) is 6.55. The number of carbonyl (C=O) groups excluding carboxylic acids is 2. The maximum atomic E-state index is 11.9. The van der Waals surface area contributed by atoms with E-state index in [4.69, 9.17) is 11.6 Å². The van der Waals surface area contributed by atoms with Crippen molar-refractivity contribution in [3.8, 4) is 0 Å². The molecule has 0 aromatic heterocycles. The maximum absolute atomic E-state index is 11.9. The van der Waals surface area contributed by atoms with Crippen molar-refractivity contribution in [2.75, 3.05) is 0 Å². The fourth-order valence-corrected chi connectivity index (χ4v) is 2.09. The van der Waals surface area contributed by atoms with Gasteiger partial charge in [0.15, 0.2) is 0 Å². The van der Waals surface area contributed by atoms with Gasteiger partial charge in [-0.3, -0.25) is 9.59 Å². The minimum Gasteiger partial charge on any atom is -0.284 e. The molecular weight excluding hydrogens is 236 g/mol. The van der Waals surface area contributed by atoms with Gasteiger partial charge in [0, 0.05) is 5.56 Å². The van der Waals surface area contributed by atoms with Crippen LogP contribution in [0, 0.1) is 0 Å². The van der Waals surface area contributed by atoms with E-state index >= 15 is 0 Å². The Balaban J connectivity index is 3.27. The number of hydrogen-bond donors (Lipinski definition) is 0. The van der Waals surface area contributed by atoms with Gasteiger partial charge in [0.25, 0.3) is 5.24 Å². The lowest BCUT2D eigenvalue weighted by molar-refractivity contribution is -0.108. The number of carbonyl (C=O) groups is 2. The SMILES string of the molecule is CCCc1cccc(CCC)c1C(=O)C(=O)Cl. The first-order valence-electron chi connectivity index (χ1n) is 5.96. The van der Waals surface area contributed by atoms with E-state index in [2.05, 4.69) is 0 Å². The Labute approximate surface area is 107 Å². The molecule has 92 valence electrons. The smallest absolute Gasteiger partial charge is 0.284 e. The lowest BCUT2D eigenvalue weighted by Crippen LogP contribution is -2.14. The highest BCUT2D eigenvalue weighted by Crippen LogP contribution is 2.20. The largest absolute Gasteiger partial charge is 0.293 e. The van der Waals surface area contributed by atoms with Crippen molar-refractivity contribution in [1.29, 1.82) is 0 Å². The van der Waals surface area contributed by atoms with Crippen molar-refractivity contribution in [2.24, 2.45) is 0 Å². The van der Waals surface area contributed by atoms with Gasteiger partial charge in [-0.15, -0.1) is 0 Å². The van der Waals surface area contributed by atoms with Crippen molar-refractivity contribution >= 4 is 22.6 Å². The number of ketones is 1. The van der Waals surface area contributed by atoms with Crippen LogP contribution in [0.4, 0.5) is 0 Å². The first-order valence-corrected chi connectivity index (χ1v) is 6.34. The summed E-state index contributed by atoms with van der Waals surface area (Å²) in [7, 11) is 0. The van der Waals surface area contributed by atoms with E-state index in [0.29, 0.717) is 5.56 Å². The third kappa shape index (κ3) is 3.40. The second-order valence-electron chi connectivity index (χ2n) is 4.05. The summed E-state index contributed by atoms with van der Waals surface area (Å²) < 4.78 is 0. The van der Waals surface area contributed by atoms with Crippen molar-refractivity contribution < 1.29 is 9.59 Å². The van der Waals surface area contributed by atoms with Crippen LogP contribution in [0.25, 0.3) is 0 Å². The first kappa shape index (κ1) is 13.9. The average molecular weight is 253 g/mol. The molecule has 0 unspecified atom stereocenters. The Morgan fingerprint density at radius 3 is 1.88 bits per heavy atom. The molecule has 0 N–H and O–H groups in total. The molecule has 2 nitrogen and oxygen atoms in total. The van der Waals surface area contributed by atoms with E-state index in [-0.39, 0.29) is 0 Å². The molecule has 3 heteroatoms. The van der Waals surface area contributed by atoms with Crippen molar-refractivity contribution in [3.63, 3.8) is 0 Å². The first-order chi connectivity index (χ1) is 8.11. The number of hydrogen-bond acceptors (Lipinski definition) is 2. The fourth-order valence-electron chi connectivity index (χ4n) is 2.00. The van der Waals surface area contributed by atoms with Crippen molar-refractivity contribution in [1.82, 2.24) is 0 Å². The van der Waals surface area contributed by atoms with Crippen LogP contribution in [-0.2, 0) is 17.6 Å². The van der Waals surface area contributed by atoms with Gasteiger partial charge in [0.1, 0.15) is 0 Å². The predicted octanol–water partition coefficient (Wildman–Crippen LogP) is 3.54. The van der Waals surface area contributed by atoms with E-state index < -0.39 is 11.0 Å². The topological polar surface area (TPSA) is 34.1 Å². The van der Waals surface area contributed by atoms with Gasteiger partial charge in [0.2, 0.25) is 5.78 Å². The monoisotopic (exact) mass is 252 g/mol. The summed E-state index contributed by atoms with van der Waals surface area (Å²) >= 11 is 5.32. The Kier molecular flexibility index (Phi) is 5.36. The molecule has 0 aliphatic rings. The lowest BCUT2D eigenvalue weighted by atomic mass is 9.93. The van der Waals surface area contributed by atoms with Crippen LogP contribution in [0.3, 0.4) is 0 Å². The Morgan fingerprint density at radius 2 is 1.53 bits per heavy atom. The molecule has 1 aromatic carbocycles. The number of Topliss-reactive ketones (excluding diaryl/α,β-unsaturated/α-hetero) is 1. The molecule has 0 fully saturated rings. The van der Waals surface area contributed by atoms with Crippen molar-refractivity contribution in [2.45, 2.75) is 39.5 Å². The molecule has 0 aliphatic heterocycles. The van der Waals surface area contributed by atoms with E-state index in [1.165, 1.54) is 0 Å². The zero-order valence-electron chi connectivity index (χ0n) is 10.3. The van der Waals surface area contributed by atoms with Crippen LogP contribution in [0.1, 0.15) is 48.2 Å². The summed E-state index contributed by atoms with van der Waals surface area (Å²) in [5, 5.41) is -0.897. The predicted molar refractivity (Wildman–Crippen MR) is 69.6 cm³/mol. The van der Waals surface area contributed by atoms with Gasteiger partial charge >= 0.3 is 0 Å². The summed E-state index contributed by atoms with van der Waals surface area (Å²) in [4.78, 5) is 22.9. The minimum absolute atomic E-state index is 0.524. The summed E-state index contributed by atoms with van der Waals surface area (Å²) in [6.45, 7) is 4.09. The molecular formula is C14H17ClO2. The number of benzene rings is 1. The van der Waals surface area contributed by atoms with Crippen LogP contribution < -0.4 is 0 Å². The molecule has 0 saturated heterocycles. The van der Waals surface area contributed by atoms with Gasteiger partial charge in [-0.25, -0.2) is 0 Å². The molecule has 0 saturated carbocycles. The zero-order chi connectivity index (χ0) is 12.8. The highest BCUT2D eigenvalue weighted by atomic mass is 35.5. The Hall–Kier alpha value is -1.15. The third-order valence-electron chi connectivity index (χ3n) is 2.68. The summed E-state index contributed by atoms with van der Waals surface area (Å²) in [6, 6.07) is 5.73. The molecule has 0 amide bonds. The van der Waals surface area contributed by atoms with Crippen LogP contribution in [-0.4, -0.2) is 11.0 Å². The van der Waals surface area contributed by atoms with Gasteiger partial charge in [-0.2, -0.15) is 0 Å². The number of aryl methyl sites for hydroxylation is 2. The summed E-state index contributed by atoms with van der Waals surface area (Å²) in [6.07, 6.45) is 3.46. The number of rotatable bonds is 6. The molecule has 1 aromatic rings. The normalized spacial score (nSPS) is 10.3. The second-order valence-corrected chi connectivity index (χ2v) is 4.40. The Bertz CT molecular complexity index is 400. The quantitative estimate of drug-likeness (QED) is 0.441. The average Bonchev–Trinajstić information content (AvgIpc) is 2.29. The van der Waals surface area contributed by atoms with E-state index in [1.807, 2.05) is 32.0 Å². The number of halogens is 1. The summed E-state index contributed by atoms with van der Waals surface area (Å²) in [5.74, 6) is -0.570. The molecule has 0 spiro atoms. The molecule has 0 bridgehead atoms. The maximum Gasteiger partial charge on any atom is 0.293 e. The standard InChI is InChI=1S/C14H17ClO2/c1-3-6-10-8-5-9-11(7-4-2)12(10)13(16)14(15)17/h5,8-9H,3-4,6-7H2,1-2H3. The molecule has 0 atom stereocenters. The van der Waals surface area contributed by atoms with Crippen LogP contribution >= 0.6 is 11.6 Å². The Morgan fingerprint density at radius 1 is 1.06 bits per heavy atom. The van der Waals surface area contributed by atoms with E-state index in [0.717, 1.165) is 36.8 Å². The molecule has 1 rings (SSSR count).